The summed E-state index contributed by atoms with van der Waals surface area (Å²) >= 11 is 0. The van der Waals surface area contributed by atoms with E-state index in [0.29, 0.717) is 11.7 Å². The van der Waals surface area contributed by atoms with E-state index < -0.39 is 0 Å². The van der Waals surface area contributed by atoms with Crippen molar-refractivity contribution in [2.45, 2.75) is 26.3 Å². The largest absolute Gasteiger partial charge is 0.381 e. The average molecular weight is 228 g/mol. The van der Waals surface area contributed by atoms with Gasteiger partial charge in [-0.2, -0.15) is 0 Å². The summed E-state index contributed by atoms with van der Waals surface area (Å²) in [7, 11) is 0. The van der Waals surface area contributed by atoms with Gasteiger partial charge in [0.05, 0.1) is 5.69 Å². The van der Waals surface area contributed by atoms with Gasteiger partial charge in [-0.1, -0.05) is 37.3 Å². The Kier molecular flexibility index (Phi) is 3.38. The van der Waals surface area contributed by atoms with E-state index in [1.54, 1.807) is 0 Å². The van der Waals surface area contributed by atoms with Crippen LogP contribution in [0.4, 0.5) is 11.4 Å². The van der Waals surface area contributed by atoms with Crippen molar-refractivity contribution in [3.8, 4) is 0 Å². The molecule has 0 fully saturated rings. The second kappa shape index (κ2) is 4.95. The fourth-order valence-electron chi connectivity index (χ4n) is 1.84. The summed E-state index contributed by atoms with van der Waals surface area (Å²) in [4.78, 5) is 11.0. The van der Waals surface area contributed by atoms with E-state index in [0.717, 1.165) is 22.9 Å². The van der Waals surface area contributed by atoms with E-state index in [4.69, 9.17) is 0 Å². The van der Waals surface area contributed by atoms with Crippen molar-refractivity contribution < 1.29 is 0 Å². The first-order valence-corrected chi connectivity index (χ1v) is 5.88. The van der Waals surface area contributed by atoms with Crippen LogP contribution in [0.5, 0.6) is 0 Å². The smallest absolute Gasteiger partial charge is 0.138 e. The Balaban J connectivity index is 2.53. The molecule has 0 saturated carbocycles. The third-order valence-corrected chi connectivity index (χ3v) is 3.01. The molecule has 0 heterocycles. The summed E-state index contributed by atoms with van der Waals surface area (Å²) in [6.07, 6.45) is 1.01. The third-order valence-electron chi connectivity index (χ3n) is 3.01. The normalized spacial score (nSPS) is 12.4. The predicted molar refractivity (Wildman–Crippen MR) is 72.8 cm³/mol. The standard InChI is InChI=1S/C14H16N2O/c1-3-10(2)15-13-9-8-11-6-4-5-7-12(11)14(13)16-17/h4-10,15H,3H2,1-2H3. The van der Waals surface area contributed by atoms with Crippen molar-refractivity contribution in [3.05, 3.63) is 41.3 Å². The molecular weight excluding hydrogens is 212 g/mol. The molecule has 0 aromatic heterocycles. The first-order chi connectivity index (χ1) is 8.26. The highest BCUT2D eigenvalue weighted by Crippen LogP contribution is 2.34. The molecule has 0 saturated heterocycles. The van der Waals surface area contributed by atoms with Gasteiger partial charge in [0.1, 0.15) is 5.69 Å². The molecule has 0 bridgehead atoms. The Morgan fingerprint density at radius 3 is 2.71 bits per heavy atom. The zero-order valence-electron chi connectivity index (χ0n) is 10.1. The fraction of sp³-hybridized carbons (Fsp3) is 0.286. The number of nitroso groups, excluding NO2 is 1. The monoisotopic (exact) mass is 228 g/mol. The molecule has 0 aliphatic carbocycles. The predicted octanol–water partition coefficient (Wildman–Crippen LogP) is 4.45. The van der Waals surface area contributed by atoms with Crippen molar-refractivity contribution in [3.63, 3.8) is 0 Å². The Hall–Kier alpha value is -1.90. The van der Waals surface area contributed by atoms with Crippen LogP contribution in [0, 0.1) is 4.91 Å². The second-order valence-corrected chi connectivity index (χ2v) is 4.23. The van der Waals surface area contributed by atoms with Crippen LogP contribution >= 0.6 is 0 Å². The SMILES string of the molecule is CCC(C)Nc1ccc2ccccc2c1N=O. The van der Waals surface area contributed by atoms with Gasteiger partial charge in [-0.3, -0.25) is 0 Å². The minimum Gasteiger partial charge on any atom is -0.381 e. The number of hydrogen-bond acceptors (Lipinski definition) is 3. The van der Waals surface area contributed by atoms with Crippen LogP contribution in [0.1, 0.15) is 20.3 Å². The molecule has 0 amide bonds. The molecule has 0 aliphatic heterocycles. The van der Waals surface area contributed by atoms with Crippen molar-refractivity contribution >= 4 is 22.1 Å². The molecular formula is C14H16N2O. The molecule has 17 heavy (non-hydrogen) atoms. The molecule has 1 unspecified atom stereocenters. The molecule has 0 spiro atoms. The number of hydrogen-bond donors (Lipinski definition) is 1. The fourth-order valence-corrected chi connectivity index (χ4v) is 1.84. The quantitative estimate of drug-likeness (QED) is 0.785. The zero-order valence-corrected chi connectivity index (χ0v) is 10.1. The van der Waals surface area contributed by atoms with Crippen molar-refractivity contribution in [2.75, 3.05) is 5.32 Å². The van der Waals surface area contributed by atoms with Gasteiger partial charge in [-0.05, 0) is 30.0 Å². The number of fused-ring (bicyclic) bond motifs is 1. The van der Waals surface area contributed by atoms with Gasteiger partial charge in [-0.25, -0.2) is 0 Å². The first-order valence-electron chi connectivity index (χ1n) is 5.88. The van der Waals surface area contributed by atoms with Crippen LogP contribution < -0.4 is 5.32 Å². The van der Waals surface area contributed by atoms with E-state index in [-0.39, 0.29) is 0 Å². The van der Waals surface area contributed by atoms with Gasteiger partial charge < -0.3 is 5.32 Å². The van der Waals surface area contributed by atoms with Gasteiger partial charge in [0.25, 0.3) is 0 Å². The molecule has 1 N–H and O–H groups in total. The summed E-state index contributed by atoms with van der Waals surface area (Å²) in [6.45, 7) is 4.19. The summed E-state index contributed by atoms with van der Waals surface area (Å²) in [5.74, 6) is 0. The van der Waals surface area contributed by atoms with Gasteiger partial charge >= 0.3 is 0 Å². The molecule has 3 nitrogen and oxygen atoms in total. The molecule has 88 valence electrons. The number of nitrogens with one attached hydrogen (secondary N) is 1. The number of rotatable bonds is 4. The molecule has 0 aliphatic rings. The van der Waals surface area contributed by atoms with Crippen molar-refractivity contribution in [1.29, 1.82) is 0 Å². The van der Waals surface area contributed by atoms with Gasteiger partial charge in [0.2, 0.25) is 0 Å². The molecule has 2 aromatic carbocycles. The van der Waals surface area contributed by atoms with E-state index >= 15 is 0 Å². The van der Waals surface area contributed by atoms with E-state index in [9.17, 15) is 4.91 Å². The topological polar surface area (TPSA) is 41.5 Å². The first kappa shape index (κ1) is 11.6. The van der Waals surface area contributed by atoms with Crippen LogP contribution in [-0.4, -0.2) is 6.04 Å². The molecule has 0 radical (unpaired) electrons. The summed E-state index contributed by atoms with van der Waals surface area (Å²) in [5, 5.41) is 8.42. The number of nitrogens with zero attached hydrogens (tertiary/aromatic N) is 1. The lowest BCUT2D eigenvalue weighted by Crippen LogP contribution is -2.13. The Bertz CT molecular complexity index is 537. The van der Waals surface area contributed by atoms with Crippen LogP contribution in [0.3, 0.4) is 0 Å². The van der Waals surface area contributed by atoms with Gasteiger partial charge in [0.15, 0.2) is 0 Å². The third kappa shape index (κ3) is 2.28. The van der Waals surface area contributed by atoms with E-state index in [1.807, 2.05) is 36.4 Å². The average Bonchev–Trinajstić information content (AvgIpc) is 2.38. The number of benzene rings is 2. The Morgan fingerprint density at radius 2 is 2.00 bits per heavy atom. The zero-order chi connectivity index (χ0) is 12.3. The van der Waals surface area contributed by atoms with Crippen molar-refractivity contribution in [2.24, 2.45) is 5.18 Å². The lowest BCUT2D eigenvalue weighted by molar-refractivity contribution is 0.764. The highest BCUT2D eigenvalue weighted by Gasteiger charge is 2.09. The maximum Gasteiger partial charge on any atom is 0.138 e. The molecule has 2 aromatic rings. The van der Waals surface area contributed by atoms with Gasteiger partial charge in [0, 0.05) is 11.4 Å². The number of anilines is 1. The minimum absolute atomic E-state index is 0.330. The maximum atomic E-state index is 11.0. The highest BCUT2D eigenvalue weighted by molar-refractivity contribution is 5.98. The van der Waals surface area contributed by atoms with E-state index in [2.05, 4.69) is 24.3 Å². The summed E-state index contributed by atoms with van der Waals surface area (Å²) in [5.41, 5.74) is 1.32. The lowest BCUT2D eigenvalue weighted by atomic mass is 10.1. The van der Waals surface area contributed by atoms with E-state index in [1.165, 1.54) is 0 Å². The molecule has 1 atom stereocenters. The maximum absolute atomic E-state index is 11.0. The van der Waals surface area contributed by atoms with Crippen LogP contribution in [0.2, 0.25) is 0 Å². The Labute approximate surface area is 101 Å². The molecule has 3 heteroatoms. The minimum atomic E-state index is 0.330. The van der Waals surface area contributed by atoms with Crippen LogP contribution in [-0.2, 0) is 0 Å². The van der Waals surface area contributed by atoms with Gasteiger partial charge in [-0.15, -0.1) is 4.91 Å². The van der Waals surface area contributed by atoms with Crippen molar-refractivity contribution in [1.82, 2.24) is 0 Å². The van der Waals surface area contributed by atoms with Crippen LogP contribution in [0.15, 0.2) is 41.6 Å². The Morgan fingerprint density at radius 1 is 1.24 bits per heavy atom. The summed E-state index contributed by atoms with van der Waals surface area (Å²) in [6, 6.07) is 12.0. The van der Waals surface area contributed by atoms with Crippen LogP contribution in [0.25, 0.3) is 10.8 Å². The summed E-state index contributed by atoms with van der Waals surface area (Å²) < 4.78 is 0. The lowest BCUT2D eigenvalue weighted by Gasteiger charge is -2.15. The highest BCUT2D eigenvalue weighted by atomic mass is 16.3. The second-order valence-electron chi connectivity index (χ2n) is 4.23. The molecule has 2 rings (SSSR count).